The number of carbonyl (C=O) groups excluding carboxylic acids is 1. The number of rotatable bonds is 5. The molecule has 1 fully saturated rings. The van der Waals surface area contributed by atoms with Crippen LogP contribution >= 0.6 is 0 Å². The number of benzene rings is 1. The molecule has 1 aliphatic rings. The first-order chi connectivity index (χ1) is 13.0. The second-order valence-electron chi connectivity index (χ2n) is 7.32. The Bertz CT molecular complexity index is 829. The highest BCUT2D eigenvalue weighted by Gasteiger charge is 2.27. The van der Waals surface area contributed by atoms with Crippen LogP contribution in [0.1, 0.15) is 25.8 Å². The number of nitrogens with one attached hydrogen (secondary N) is 3. The number of aromatic nitrogens is 1. The molecule has 3 N–H and O–H groups in total. The van der Waals surface area contributed by atoms with Crippen molar-refractivity contribution in [2.45, 2.75) is 32.7 Å². The van der Waals surface area contributed by atoms with Crippen LogP contribution in [0.15, 0.2) is 29.4 Å². The molecule has 7 heteroatoms. The maximum Gasteiger partial charge on any atom is 0.225 e. The van der Waals surface area contributed by atoms with Crippen molar-refractivity contribution in [3.8, 4) is 0 Å². The number of likely N-dealkylation sites (tertiary alicyclic amines) is 1. The van der Waals surface area contributed by atoms with Crippen LogP contribution in [-0.4, -0.2) is 54.5 Å². The van der Waals surface area contributed by atoms with E-state index >= 15 is 0 Å². The standard InChI is InChI=1S/C20H28FN5O/c1-13(2)19(27)26-9-7-16(12-26)25-20(22-3)23-8-6-14-11-24-18-5-4-15(21)10-17(14)18/h4-5,10-11,13,16,24H,6-9,12H2,1-3H3,(H2,22,23,25). The molecule has 1 unspecified atom stereocenters. The van der Waals surface area contributed by atoms with E-state index in [0.717, 1.165) is 41.8 Å². The van der Waals surface area contributed by atoms with E-state index in [1.54, 1.807) is 19.2 Å². The van der Waals surface area contributed by atoms with Gasteiger partial charge in [0.2, 0.25) is 5.91 Å². The van der Waals surface area contributed by atoms with E-state index in [-0.39, 0.29) is 23.7 Å². The molecule has 27 heavy (non-hydrogen) atoms. The molecule has 0 bridgehead atoms. The largest absolute Gasteiger partial charge is 0.361 e. The van der Waals surface area contributed by atoms with E-state index in [0.29, 0.717) is 13.1 Å². The SMILES string of the molecule is CN=C(NCCc1c[nH]c2ccc(F)cc12)NC1CCN(C(=O)C(C)C)C1. The third kappa shape index (κ3) is 4.59. The number of hydrogen-bond acceptors (Lipinski definition) is 2. The fraction of sp³-hybridized carbons (Fsp3) is 0.500. The first-order valence-electron chi connectivity index (χ1n) is 9.49. The Hall–Kier alpha value is -2.57. The molecule has 146 valence electrons. The Labute approximate surface area is 159 Å². The predicted molar refractivity (Wildman–Crippen MR) is 106 cm³/mol. The molecule has 1 aromatic heterocycles. The van der Waals surface area contributed by atoms with E-state index in [2.05, 4.69) is 20.6 Å². The summed E-state index contributed by atoms with van der Waals surface area (Å²) in [6.45, 7) is 6.04. The molecule has 0 aliphatic carbocycles. The van der Waals surface area contributed by atoms with Gasteiger partial charge in [-0.3, -0.25) is 9.79 Å². The molecule has 6 nitrogen and oxygen atoms in total. The van der Waals surface area contributed by atoms with Crippen LogP contribution in [-0.2, 0) is 11.2 Å². The van der Waals surface area contributed by atoms with E-state index in [4.69, 9.17) is 0 Å². The van der Waals surface area contributed by atoms with E-state index in [9.17, 15) is 9.18 Å². The lowest BCUT2D eigenvalue weighted by Crippen LogP contribution is -2.45. The number of aliphatic imine (C=N–C) groups is 1. The van der Waals surface area contributed by atoms with Gasteiger partial charge in [0.1, 0.15) is 5.82 Å². The Morgan fingerprint density at radius 3 is 3.00 bits per heavy atom. The fourth-order valence-corrected chi connectivity index (χ4v) is 3.50. The zero-order chi connectivity index (χ0) is 19.4. The summed E-state index contributed by atoms with van der Waals surface area (Å²) < 4.78 is 13.5. The number of carbonyl (C=O) groups is 1. The molecular formula is C20H28FN5O. The maximum absolute atomic E-state index is 13.5. The number of amides is 1. The predicted octanol–water partition coefficient (Wildman–Crippen LogP) is 2.27. The molecule has 1 aliphatic heterocycles. The second-order valence-corrected chi connectivity index (χ2v) is 7.32. The molecule has 0 saturated carbocycles. The third-order valence-electron chi connectivity index (χ3n) is 4.97. The Morgan fingerprint density at radius 2 is 2.26 bits per heavy atom. The Morgan fingerprint density at radius 1 is 1.44 bits per heavy atom. The molecule has 1 saturated heterocycles. The summed E-state index contributed by atoms with van der Waals surface area (Å²) in [6, 6.07) is 4.99. The van der Waals surface area contributed by atoms with Crippen molar-refractivity contribution in [2.75, 3.05) is 26.7 Å². The molecule has 0 radical (unpaired) electrons. The van der Waals surface area contributed by atoms with Crippen LogP contribution in [0.5, 0.6) is 0 Å². The molecule has 0 spiro atoms. The zero-order valence-corrected chi connectivity index (χ0v) is 16.2. The van der Waals surface area contributed by atoms with Crippen molar-refractivity contribution in [3.63, 3.8) is 0 Å². The first kappa shape index (κ1) is 19.2. The van der Waals surface area contributed by atoms with E-state index in [1.165, 1.54) is 6.07 Å². The number of aromatic amines is 1. The van der Waals surface area contributed by atoms with Gasteiger partial charge in [-0.25, -0.2) is 4.39 Å². The molecule has 1 atom stereocenters. The molecule has 1 aromatic carbocycles. The highest BCUT2D eigenvalue weighted by atomic mass is 19.1. The summed E-state index contributed by atoms with van der Waals surface area (Å²) in [5, 5.41) is 7.62. The lowest BCUT2D eigenvalue weighted by atomic mass is 10.1. The van der Waals surface area contributed by atoms with Gasteiger partial charge < -0.3 is 20.5 Å². The summed E-state index contributed by atoms with van der Waals surface area (Å²) in [6.07, 6.45) is 3.60. The lowest BCUT2D eigenvalue weighted by Gasteiger charge is -2.20. The number of guanidine groups is 1. The second kappa shape index (κ2) is 8.41. The molecule has 2 aromatic rings. The Balaban J connectivity index is 1.50. The van der Waals surface area contributed by atoms with Crippen molar-refractivity contribution in [3.05, 3.63) is 35.8 Å². The lowest BCUT2D eigenvalue weighted by molar-refractivity contribution is -0.133. The minimum absolute atomic E-state index is 0.0298. The molecule has 2 heterocycles. The van der Waals surface area contributed by atoms with Crippen molar-refractivity contribution in [1.29, 1.82) is 0 Å². The van der Waals surface area contributed by atoms with Gasteiger partial charge in [-0.2, -0.15) is 0 Å². The fourth-order valence-electron chi connectivity index (χ4n) is 3.50. The summed E-state index contributed by atoms with van der Waals surface area (Å²) >= 11 is 0. The molecule has 1 amide bonds. The van der Waals surface area contributed by atoms with Crippen molar-refractivity contribution in [2.24, 2.45) is 10.9 Å². The van der Waals surface area contributed by atoms with Crippen LogP contribution in [0.25, 0.3) is 10.9 Å². The first-order valence-corrected chi connectivity index (χ1v) is 9.49. The van der Waals surface area contributed by atoms with Gasteiger partial charge in [0, 0.05) is 55.7 Å². The average Bonchev–Trinajstić information content (AvgIpc) is 3.27. The minimum Gasteiger partial charge on any atom is -0.361 e. The van der Waals surface area contributed by atoms with Crippen LogP contribution in [0.4, 0.5) is 4.39 Å². The van der Waals surface area contributed by atoms with Crippen LogP contribution in [0.2, 0.25) is 0 Å². The molecular weight excluding hydrogens is 345 g/mol. The van der Waals surface area contributed by atoms with Gasteiger partial charge in [0.25, 0.3) is 0 Å². The number of fused-ring (bicyclic) bond motifs is 1. The van der Waals surface area contributed by atoms with Crippen molar-refractivity contribution < 1.29 is 9.18 Å². The monoisotopic (exact) mass is 373 g/mol. The van der Waals surface area contributed by atoms with Gasteiger partial charge in [-0.1, -0.05) is 13.8 Å². The van der Waals surface area contributed by atoms with Crippen LogP contribution in [0.3, 0.4) is 0 Å². The summed E-state index contributed by atoms with van der Waals surface area (Å²) in [5.41, 5.74) is 2.01. The van der Waals surface area contributed by atoms with E-state index in [1.807, 2.05) is 24.9 Å². The number of halogens is 1. The van der Waals surface area contributed by atoms with Gasteiger partial charge in [0.05, 0.1) is 0 Å². The molecule has 3 rings (SSSR count). The van der Waals surface area contributed by atoms with Gasteiger partial charge in [0.15, 0.2) is 5.96 Å². The highest BCUT2D eigenvalue weighted by molar-refractivity contribution is 5.84. The summed E-state index contributed by atoms with van der Waals surface area (Å²) in [5.74, 6) is 0.733. The third-order valence-corrected chi connectivity index (χ3v) is 4.97. The van der Waals surface area contributed by atoms with Crippen LogP contribution in [0, 0.1) is 11.7 Å². The average molecular weight is 373 g/mol. The van der Waals surface area contributed by atoms with Gasteiger partial charge in [-0.05, 0) is 36.6 Å². The van der Waals surface area contributed by atoms with E-state index < -0.39 is 0 Å². The maximum atomic E-state index is 13.5. The zero-order valence-electron chi connectivity index (χ0n) is 16.2. The summed E-state index contributed by atoms with van der Waals surface area (Å²) in [4.78, 5) is 21.5. The van der Waals surface area contributed by atoms with Crippen molar-refractivity contribution >= 4 is 22.8 Å². The minimum atomic E-state index is -0.226. The normalized spacial score (nSPS) is 17.7. The van der Waals surface area contributed by atoms with Crippen LogP contribution < -0.4 is 10.6 Å². The van der Waals surface area contributed by atoms with Crippen molar-refractivity contribution in [1.82, 2.24) is 20.5 Å². The Kier molecular flexibility index (Phi) is 5.98. The quantitative estimate of drug-likeness (QED) is 0.556. The number of hydrogen-bond donors (Lipinski definition) is 3. The summed E-state index contributed by atoms with van der Waals surface area (Å²) in [7, 11) is 1.74. The number of H-pyrrole nitrogens is 1. The van der Waals surface area contributed by atoms with Gasteiger partial charge in [-0.15, -0.1) is 0 Å². The number of nitrogens with zero attached hydrogens (tertiary/aromatic N) is 2. The topological polar surface area (TPSA) is 72.5 Å². The smallest absolute Gasteiger partial charge is 0.225 e. The highest BCUT2D eigenvalue weighted by Crippen LogP contribution is 2.19. The van der Waals surface area contributed by atoms with Gasteiger partial charge >= 0.3 is 0 Å².